The first-order valence-electron chi connectivity index (χ1n) is 5.52. The van der Waals surface area contributed by atoms with Crippen molar-refractivity contribution in [3.05, 3.63) is 29.3 Å². The van der Waals surface area contributed by atoms with E-state index < -0.39 is 0 Å². The molecule has 0 unspecified atom stereocenters. The molecule has 2 rings (SSSR count). The smallest absolute Gasteiger partial charge is 0.393 e. The molecular weight excluding hydrogens is 177 g/mol. The standard InChI is InChI=1S/C13H18N.Li/c1-11-7-6-8-13(12(11)2)14-9-4-3-5-10-14;/h6,8H,3-5,9-10H2,1-2H3;/q-1;+1. The minimum absolute atomic E-state index is 0. The Morgan fingerprint density at radius 3 is 2.47 bits per heavy atom. The zero-order chi connectivity index (χ0) is 9.97. The molecule has 1 aromatic rings. The summed E-state index contributed by atoms with van der Waals surface area (Å²) in [7, 11) is 0. The molecule has 76 valence electrons. The summed E-state index contributed by atoms with van der Waals surface area (Å²) in [4.78, 5) is 2.51. The minimum Gasteiger partial charge on any atom is -0.393 e. The number of hydrogen-bond acceptors (Lipinski definition) is 1. The van der Waals surface area contributed by atoms with E-state index in [9.17, 15) is 0 Å². The molecule has 0 saturated carbocycles. The molecule has 0 bridgehead atoms. The van der Waals surface area contributed by atoms with Crippen molar-refractivity contribution in [1.29, 1.82) is 0 Å². The van der Waals surface area contributed by atoms with Crippen molar-refractivity contribution in [1.82, 2.24) is 0 Å². The Morgan fingerprint density at radius 2 is 1.80 bits per heavy atom. The van der Waals surface area contributed by atoms with Gasteiger partial charge >= 0.3 is 18.9 Å². The van der Waals surface area contributed by atoms with Gasteiger partial charge < -0.3 is 4.90 Å². The molecule has 1 aromatic carbocycles. The predicted molar refractivity (Wildman–Crippen MR) is 60.8 cm³/mol. The molecule has 0 radical (unpaired) electrons. The van der Waals surface area contributed by atoms with Crippen molar-refractivity contribution >= 4 is 5.69 Å². The summed E-state index contributed by atoms with van der Waals surface area (Å²) < 4.78 is 0. The van der Waals surface area contributed by atoms with Crippen molar-refractivity contribution in [2.45, 2.75) is 33.1 Å². The molecule has 0 aromatic heterocycles. The predicted octanol–water partition coefficient (Wildman–Crippen LogP) is 0.0979. The van der Waals surface area contributed by atoms with Crippen molar-refractivity contribution in [3.63, 3.8) is 0 Å². The maximum Gasteiger partial charge on any atom is 1.00 e. The third kappa shape index (κ3) is 2.80. The molecule has 1 nitrogen and oxygen atoms in total. The van der Waals surface area contributed by atoms with Gasteiger partial charge in [-0.25, -0.2) is 0 Å². The molecule has 1 saturated heterocycles. The van der Waals surface area contributed by atoms with Gasteiger partial charge in [0.25, 0.3) is 0 Å². The largest absolute Gasteiger partial charge is 1.00 e. The molecule has 2 heteroatoms. The first kappa shape index (κ1) is 12.7. The van der Waals surface area contributed by atoms with E-state index in [0.717, 1.165) is 0 Å². The fraction of sp³-hybridized carbons (Fsp3) is 0.538. The molecule has 15 heavy (non-hydrogen) atoms. The van der Waals surface area contributed by atoms with Crippen LogP contribution in [-0.2, 0) is 0 Å². The Hall–Kier alpha value is -0.383. The first-order chi connectivity index (χ1) is 6.79. The molecule has 1 aliphatic rings. The van der Waals surface area contributed by atoms with Crippen LogP contribution in [-0.4, -0.2) is 13.1 Å². The quantitative estimate of drug-likeness (QED) is 0.454. The maximum atomic E-state index is 3.25. The normalized spacial score (nSPS) is 16.0. The van der Waals surface area contributed by atoms with Gasteiger partial charge in [-0.15, -0.1) is 11.6 Å². The number of hydrogen-bond donors (Lipinski definition) is 0. The van der Waals surface area contributed by atoms with Gasteiger partial charge in [-0.05, 0) is 19.3 Å². The van der Waals surface area contributed by atoms with E-state index in [1.807, 2.05) is 6.07 Å². The van der Waals surface area contributed by atoms with E-state index in [-0.39, 0.29) is 18.9 Å². The second kappa shape index (κ2) is 5.63. The van der Waals surface area contributed by atoms with Crippen LogP contribution in [0.25, 0.3) is 0 Å². The summed E-state index contributed by atoms with van der Waals surface area (Å²) in [6.07, 6.45) is 4.09. The van der Waals surface area contributed by atoms with E-state index >= 15 is 0 Å². The molecule has 0 spiro atoms. The molecular formula is C13H18LiN. The van der Waals surface area contributed by atoms with Crippen LogP contribution in [0.3, 0.4) is 0 Å². The van der Waals surface area contributed by atoms with Gasteiger partial charge in [-0.3, -0.25) is 0 Å². The zero-order valence-corrected chi connectivity index (χ0v) is 10.1. The van der Waals surface area contributed by atoms with Gasteiger partial charge in [0.05, 0.1) is 0 Å². The van der Waals surface area contributed by atoms with Crippen molar-refractivity contribution in [2.24, 2.45) is 0 Å². The monoisotopic (exact) mass is 195 g/mol. The van der Waals surface area contributed by atoms with Gasteiger partial charge in [0, 0.05) is 13.1 Å². The first-order valence-corrected chi connectivity index (χ1v) is 5.52. The average Bonchev–Trinajstić information content (AvgIpc) is 2.23. The van der Waals surface area contributed by atoms with Crippen molar-refractivity contribution < 1.29 is 18.9 Å². The fourth-order valence-corrected chi connectivity index (χ4v) is 2.15. The van der Waals surface area contributed by atoms with Crippen LogP contribution in [0, 0.1) is 19.9 Å². The van der Waals surface area contributed by atoms with E-state index in [1.165, 1.54) is 49.2 Å². The summed E-state index contributed by atoms with van der Waals surface area (Å²) >= 11 is 0. The Kier molecular flexibility index (Phi) is 4.76. The Bertz CT molecular complexity index is 316. The topological polar surface area (TPSA) is 3.24 Å². The number of piperidine rings is 1. The van der Waals surface area contributed by atoms with E-state index in [1.54, 1.807) is 0 Å². The number of nitrogens with zero attached hydrogens (tertiary/aromatic N) is 1. The fourth-order valence-electron chi connectivity index (χ4n) is 2.15. The summed E-state index contributed by atoms with van der Waals surface area (Å²) in [5.41, 5.74) is 4.10. The second-order valence-corrected chi connectivity index (χ2v) is 4.16. The van der Waals surface area contributed by atoms with Crippen LogP contribution in [0.15, 0.2) is 12.1 Å². The van der Waals surface area contributed by atoms with E-state index in [0.29, 0.717) is 0 Å². The third-order valence-corrected chi connectivity index (χ3v) is 3.18. The van der Waals surface area contributed by atoms with E-state index in [4.69, 9.17) is 0 Å². The van der Waals surface area contributed by atoms with Crippen LogP contribution in [0.1, 0.15) is 30.4 Å². The number of rotatable bonds is 1. The van der Waals surface area contributed by atoms with Gasteiger partial charge in [-0.2, -0.15) is 17.7 Å². The molecule has 0 aliphatic carbocycles. The third-order valence-electron chi connectivity index (χ3n) is 3.18. The summed E-state index contributed by atoms with van der Waals surface area (Å²) in [5, 5.41) is 0. The van der Waals surface area contributed by atoms with Crippen LogP contribution in [0.4, 0.5) is 5.69 Å². The Balaban J connectivity index is 0.00000112. The van der Waals surface area contributed by atoms with Gasteiger partial charge in [-0.1, -0.05) is 19.5 Å². The van der Waals surface area contributed by atoms with Gasteiger partial charge in [0.15, 0.2) is 0 Å². The average molecular weight is 195 g/mol. The molecule has 0 amide bonds. The van der Waals surface area contributed by atoms with Gasteiger partial charge in [0.1, 0.15) is 0 Å². The molecule has 0 N–H and O–H groups in total. The van der Waals surface area contributed by atoms with Crippen molar-refractivity contribution in [3.8, 4) is 0 Å². The zero-order valence-electron chi connectivity index (χ0n) is 10.1. The van der Waals surface area contributed by atoms with Crippen molar-refractivity contribution in [2.75, 3.05) is 18.0 Å². The van der Waals surface area contributed by atoms with Crippen LogP contribution in [0.2, 0.25) is 0 Å². The summed E-state index contributed by atoms with van der Waals surface area (Å²) in [5.74, 6) is 0. The minimum atomic E-state index is 0. The van der Waals surface area contributed by atoms with Crippen LogP contribution >= 0.6 is 0 Å². The number of anilines is 1. The van der Waals surface area contributed by atoms with Crippen LogP contribution in [0.5, 0.6) is 0 Å². The molecule has 0 atom stereocenters. The second-order valence-electron chi connectivity index (χ2n) is 4.16. The number of aryl methyl sites for hydroxylation is 1. The van der Waals surface area contributed by atoms with E-state index in [2.05, 4.69) is 30.9 Å². The number of benzene rings is 1. The van der Waals surface area contributed by atoms with Gasteiger partial charge in [0.2, 0.25) is 0 Å². The molecule has 1 heterocycles. The summed E-state index contributed by atoms with van der Waals surface area (Å²) in [6.45, 7) is 6.80. The Morgan fingerprint density at radius 1 is 1.13 bits per heavy atom. The Labute approximate surface area is 105 Å². The SMILES string of the molecule is Cc1[c-]ccc(N2CCCCC2)c1C.[Li+]. The molecule has 1 fully saturated rings. The maximum absolute atomic E-state index is 3.25. The molecule has 1 aliphatic heterocycles. The summed E-state index contributed by atoms with van der Waals surface area (Å²) in [6, 6.07) is 7.50. The van der Waals surface area contributed by atoms with Crippen LogP contribution < -0.4 is 23.8 Å².